The molecule has 3 aromatic carbocycles. The van der Waals surface area contributed by atoms with Gasteiger partial charge >= 0.3 is 17.9 Å². The van der Waals surface area contributed by atoms with Crippen LogP contribution in [0.1, 0.15) is 31.1 Å². The molecule has 176 valence electrons. The monoisotopic (exact) mass is 464 g/mol. The molecule has 8 nitrogen and oxygen atoms in total. The second-order valence-electron chi connectivity index (χ2n) is 7.26. The van der Waals surface area contributed by atoms with E-state index in [-0.39, 0.29) is 16.7 Å². The molecule has 8 heteroatoms. The summed E-state index contributed by atoms with van der Waals surface area (Å²) in [4.78, 5) is 37.4. The molecule has 0 saturated heterocycles. The molecule has 0 unspecified atom stereocenters. The third-order valence-corrected chi connectivity index (χ3v) is 4.84. The van der Waals surface area contributed by atoms with E-state index in [0.29, 0.717) is 0 Å². The van der Waals surface area contributed by atoms with Crippen LogP contribution in [0.5, 0.6) is 0 Å². The lowest BCUT2D eigenvalue weighted by Gasteiger charge is -2.29. The Hall–Kier alpha value is -4.01. The molecule has 3 aromatic rings. The van der Waals surface area contributed by atoms with Crippen molar-refractivity contribution in [2.24, 2.45) is 0 Å². The van der Waals surface area contributed by atoms with Crippen molar-refractivity contribution in [3.8, 4) is 0 Å². The van der Waals surface area contributed by atoms with Gasteiger partial charge in [0.2, 0.25) is 0 Å². The third kappa shape index (κ3) is 6.74. The number of hydrogen-bond donors (Lipinski definition) is 2. The number of rotatable bonds is 10. The maximum Gasteiger partial charge on any atom is 0.338 e. The van der Waals surface area contributed by atoms with Crippen LogP contribution < -0.4 is 0 Å². The quantitative estimate of drug-likeness (QED) is 0.347. The van der Waals surface area contributed by atoms with Crippen LogP contribution in [0.2, 0.25) is 0 Å². The summed E-state index contributed by atoms with van der Waals surface area (Å²) in [5.74, 6) is -2.29. The number of ether oxygens (including phenoxy) is 3. The predicted molar refractivity (Wildman–Crippen MR) is 121 cm³/mol. The van der Waals surface area contributed by atoms with Crippen molar-refractivity contribution < 1.29 is 38.8 Å². The van der Waals surface area contributed by atoms with Gasteiger partial charge in [-0.15, -0.1) is 0 Å². The Balaban J connectivity index is 1.76. The van der Waals surface area contributed by atoms with Crippen LogP contribution in [0.3, 0.4) is 0 Å². The van der Waals surface area contributed by atoms with Crippen molar-refractivity contribution in [2.45, 2.75) is 18.3 Å². The normalized spacial score (nSPS) is 13.2. The topological polar surface area (TPSA) is 119 Å². The van der Waals surface area contributed by atoms with Gasteiger partial charge < -0.3 is 24.4 Å². The number of aliphatic hydroxyl groups is 2. The van der Waals surface area contributed by atoms with Crippen molar-refractivity contribution in [2.75, 3.05) is 13.2 Å². The predicted octanol–water partition coefficient (Wildman–Crippen LogP) is 2.65. The first-order valence-electron chi connectivity index (χ1n) is 10.5. The third-order valence-electron chi connectivity index (χ3n) is 4.84. The van der Waals surface area contributed by atoms with Gasteiger partial charge in [-0.1, -0.05) is 54.6 Å². The number of hydrogen-bond acceptors (Lipinski definition) is 8. The van der Waals surface area contributed by atoms with E-state index in [9.17, 15) is 24.6 Å². The molecule has 0 fully saturated rings. The van der Waals surface area contributed by atoms with Crippen LogP contribution in [0.15, 0.2) is 91.0 Å². The van der Waals surface area contributed by atoms with Gasteiger partial charge in [0.25, 0.3) is 0 Å². The Kier molecular flexibility index (Phi) is 8.90. The Labute approximate surface area is 196 Å². The zero-order chi connectivity index (χ0) is 24.3. The zero-order valence-corrected chi connectivity index (χ0v) is 18.2. The second kappa shape index (κ2) is 12.3. The number of esters is 3. The average Bonchev–Trinajstić information content (AvgIpc) is 2.90. The Morgan fingerprint density at radius 2 is 1.06 bits per heavy atom. The van der Waals surface area contributed by atoms with E-state index in [0.717, 1.165) is 0 Å². The minimum absolute atomic E-state index is 0.187. The van der Waals surface area contributed by atoms with E-state index in [1.807, 2.05) is 0 Å². The van der Waals surface area contributed by atoms with Crippen LogP contribution in [0, 0.1) is 0 Å². The molecule has 0 bridgehead atoms. The van der Waals surface area contributed by atoms with Gasteiger partial charge in [0.15, 0.2) is 12.2 Å². The average molecular weight is 464 g/mol. The van der Waals surface area contributed by atoms with E-state index in [1.165, 1.54) is 24.3 Å². The molecular formula is C26H24O8. The maximum atomic E-state index is 12.6. The first kappa shape index (κ1) is 24.6. The summed E-state index contributed by atoms with van der Waals surface area (Å²) in [5.41, 5.74) is 0.660. The number of carbonyl (C=O) groups is 3. The molecule has 2 N–H and O–H groups in total. The van der Waals surface area contributed by atoms with Crippen molar-refractivity contribution in [3.63, 3.8) is 0 Å². The van der Waals surface area contributed by atoms with Crippen molar-refractivity contribution >= 4 is 17.9 Å². The molecule has 0 heterocycles. The largest absolute Gasteiger partial charge is 0.459 e. The van der Waals surface area contributed by atoms with Gasteiger partial charge in [0.1, 0.15) is 12.7 Å². The smallest absolute Gasteiger partial charge is 0.338 e. The SMILES string of the molecule is O=C(OC[C@H](O)[C@@H](OC(=O)c1ccccc1)[C@@H](CO)OC(=O)c1ccccc1)c1ccccc1. The highest BCUT2D eigenvalue weighted by Gasteiger charge is 2.36. The van der Waals surface area contributed by atoms with E-state index in [4.69, 9.17) is 14.2 Å². The summed E-state index contributed by atoms with van der Waals surface area (Å²) in [6.45, 7) is -1.32. The van der Waals surface area contributed by atoms with Crippen LogP contribution >= 0.6 is 0 Å². The van der Waals surface area contributed by atoms with Gasteiger partial charge in [-0.05, 0) is 36.4 Å². The molecule has 0 saturated carbocycles. The van der Waals surface area contributed by atoms with Gasteiger partial charge in [0, 0.05) is 0 Å². The Bertz CT molecular complexity index is 1070. The standard InChI is InChI=1S/C26H24O8/c27-16-22(33-25(30)19-12-6-2-7-13-19)23(34-26(31)20-14-8-3-9-15-20)21(28)17-32-24(29)18-10-4-1-5-11-18/h1-15,21-23,27-28H,16-17H2/t21-,22+,23+/m0/s1. The van der Waals surface area contributed by atoms with Crippen LogP contribution in [0.4, 0.5) is 0 Å². The van der Waals surface area contributed by atoms with Crippen LogP contribution in [-0.4, -0.2) is 59.6 Å². The molecule has 0 aliphatic rings. The summed E-state index contributed by atoms with van der Waals surface area (Å²) in [6, 6.07) is 24.1. The first-order valence-corrected chi connectivity index (χ1v) is 10.5. The molecule has 0 amide bonds. The fraction of sp³-hybridized carbons (Fsp3) is 0.192. The minimum Gasteiger partial charge on any atom is -0.459 e. The second-order valence-corrected chi connectivity index (χ2v) is 7.26. The molecule has 34 heavy (non-hydrogen) atoms. The highest BCUT2D eigenvalue weighted by molar-refractivity contribution is 5.90. The summed E-state index contributed by atoms with van der Waals surface area (Å²) >= 11 is 0. The van der Waals surface area contributed by atoms with Crippen molar-refractivity contribution in [1.29, 1.82) is 0 Å². The summed E-state index contributed by atoms with van der Waals surface area (Å²) < 4.78 is 15.9. The molecule has 0 aliphatic carbocycles. The van der Waals surface area contributed by atoms with E-state index in [2.05, 4.69) is 0 Å². The molecule has 3 rings (SSSR count). The highest BCUT2D eigenvalue weighted by atomic mass is 16.6. The molecule has 0 aromatic heterocycles. The molecular weight excluding hydrogens is 440 g/mol. The van der Waals surface area contributed by atoms with Crippen LogP contribution in [-0.2, 0) is 14.2 Å². The maximum absolute atomic E-state index is 12.6. The fourth-order valence-corrected chi connectivity index (χ4v) is 3.07. The molecule has 0 spiro atoms. The molecule has 0 aliphatic heterocycles. The minimum atomic E-state index is -1.60. The fourth-order valence-electron chi connectivity index (χ4n) is 3.07. The number of carbonyl (C=O) groups excluding carboxylic acids is 3. The number of benzene rings is 3. The van der Waals surface area contributed by atoms with E-state index >= 15 is 0 Å². The van der Waals surface area contributed by atoms with Crippen molar-refractivity contribution in [3.05, 3.63) is 108 Å². The lowest BCUT2D eigenvalue weighted by Crippen LogP contribution is -2.47. The van der Waals surface area contributed by atoms with Gasteiger partial charge in [-0.2, -0.15) is 0 Å². The highest BCUT2D eigenvalue weighted by Crippen LogP contribution is 2.16. The van der Waals surface area contributed by atoms with E-state index < -0.39 is 49.4 Å². The lowest BCUT2D eigenvalue weighted by molar-refractivity contribution is -0.106. The van der Waals surface area contributed by atoms with Gasteiger partial charge in [-0.3, -0.25) is 0 Å². The lowest BCUT2D eigenvalue weighted by atomic mass is 10.1. The van der Waals surface area contributed by atoms with Crippen molar-refractivity contribution in [1.82, 2.24) is 0 Å². The van der Waals surface area contributed by atoms with Gasteiger partial charge in [-0.25, -0.2) is 14.4 Å². The summed E-state index contributed by atoms with van der Waals surface area (Å²) in [7, 11) is 0. The van der Waals surface area contributed by atoms with Gasteiger partial charge in [0.05, 0.1) is 23.3 Å². The first-order chi connectivity index (χ1) is 16.5. The zero-order valence-electron chi connectivity index (χ0n) is 18.2. The summed E-state index contributed by atoms with van der Waals surface area (Å²) in [5, 5.41) is 20.6. The number of aliphatic hydroxyl groups excluding tert-OH is 2. The summed E-state index contributed by atoms with van der Waals surface area (Å²) in [6.07, 6.45) is -4.54. The molecule has 0 radical (unpaired) electrons. The Morgan fingerprint density at radius 1 is 0.647 bits per heavy atom. The van der Waals surface area contributed by atoms with E-state index in [1.54, 1.807) is 66.7 Å². The van der Waals surface area contributed by atoms with Crippen LogP contribution in [0.25, 0.3) is 0 Å². The Morgan fingerprint density at radius 3 is 1.50 bits per heavy atom. The molecule has 3 atom stereocenters.